The van der Waals surface area contributed by atoms with Crippen LogP contribution in [0.25, 0.3) is 10.6 Å². The minimum absolute atomic E-state index is 0.156. The number of hydrogen-bond acceptors (Lipinski definition) is 4. The minimum Gasteiger partial charge on any atom is -0.349 e. The van der Waals surface area contributed by atoms with Crippen LogP contribution in [0, 0.1) is 0 Å². The topological polar surface area (TPSA) is 54.0 Å². The van der Waals surface area contributed by atoms with Gasteiger partial charge < -0.3 is 10.6 Å². The van der Waals surface area contributed by atoms with Gasteiger partial charge >= 0.3 is 0 Å². The highest BCUT2D eigenvalue weighted by atomic mass is 35.5. The van der Waals surface area contributed by atoms with E-state index in [0.717, 1.165) is 10.6 Å². The number of likely N-dealkylation sites (N-methyl/N-ethyl adjacent to an activating group) is 1. The molecule has 0 radical (unpaired) electrons. The van der Waals surface area contributed by atoms with E-state index in [1.54, 1.807) is 5.38 Å². The smallest absolute Gasteiger partial charge is 0.270 e. The summed E-state index contributed by atoms with van der Waals surface area (Å²) in [5.41, 5.74) is 1.36. The molecule has 6 heteroatoms. The SMILES string of the molecule is CNC(C)CNC(=O)c1csc(-c2cccc(Cl)c2)n1. The van der Waals surface area contributed by atoms with E-state index >= 15 is 0 Å². The van der Waals surface area contributed by atoms with Crippen LogP contribution in [0.1, 0.15) is 17.4 Å². The third kappa shape index (κ3) is 3.79. The van der Waals surface area contributed by atoms with Crippen LogP contribution in [-0.4, -0.2) is 30.5 Å². The molecule has 106 valence electrons. The number of rotatable bonds is 5. The van der Waals surface area contributed by atoms with E-state index in [-0.39, 0.29) is 11.9 Å². The van der Waals surface area contributed by atoms with Crippen molar-refractivity contribution < 1.29 is 4.79 Å². The van der Waals surface area contributed by atoms with Gasteiger partial charge in [0.15, 0.2) is 0 Å². The Morgan fingerprint density at radius 2 is 2.30 bits per heavy atom. The van der Waals surface area contributed by atoms with Crippen LogP contribution in [0.3, 0.4) is 0 Å². The number of thiazole rings is 1. The highest BCUT2D eigenvalue weighted by Gasteiger charge is 2.12. The van der Waals surface area contributed by atoms with Crippen LogP contribution in [0.4, 0.5) is 0 Å². The molecule has 0 aliphatic rings. The summed E-state index contributed by atoms with van der Waals surface area (Å²) < 4.78 is 0. The number of benzene rings is 1. The number of nitrogens with zero attached hydrogens (tertiary/aromatic N) is 1. The zero-order valence-corrected chi connectivity index (χ0v) is 12.9. The first kappa shape index (κ1) is 15.0. The first-order chi connectivity index (χ1) is 9.60. The molecule has 20 heavy (non-hydrogen) atoms. The Balaban J connectivity index is 2.07. The maximum absolute atomic E-state index is 12.0. The molecular formula is C14H16ClN3OS. The van der Waals surface area contributed by atoms with Gasteiger partial charge in [-0.3, -0.25) is 4.79 Å². The number of nitrogens with one attached hydrogen (secondary N) is 2. The molecule has 4 nitrogen and oxygen atoms in total. The molecule has 0 saturated carbocycles. The third-order valence-corrected chi connectivity index (χ3v) is 4.00. The monoisotopic (exact) mass is 309 g/mol. The standard InChI is InChI=1S/C14H16ClN3OS/c1-9(16-2)7-17-13(19)12-8-20-14(18-12)10-4-3-5-11(15)6-10/h3-6,8-9,16H,7H2,1-2H3,(H,17,19). The van der Waals surface area contributed by atoms with Crippen molar-refractivity contribution in [2.24, 2.45) is 0 Å². The Morgan fingerprint density at radius 1 is 1.50 bits per heavy atom. The summed E-state index contributed by atoms with van der Waals surface area (Å²) in [6.07, 6.45) is 0. The van der Waals surface area contributed by atoms with E-state index in [1.807, 2.05) is 38.2 Å². The van der Waals surface area contributed by atoms with E-state index in [2.05, 4.69) is 15.6 Å². The molecule has 1 aromatic heterocycles. The zero-order chi connectivity index (χ0) is 14.5. The molecule has 1 unspecified atom stereocenters. The van der Waals surface area contributed by atoms with Gasteiger partial charge in [-0.1, -0.05) is 23.7 Å². The van der Waals surface area contributed by atoms with Crippen molar-refractivity contribution in [3.63, 3.8) is 0 Å². The molecule has 1 heterocycles. The van der Waals surface area contributed by atoms with Crippen LogP contribution in [-0.2, 0) is 0 Å². The lowest BCUT2D eigenvalue weighted by atomic mass is 10.2. The van der Waals surface area contributed by atoms with Crippen molar-refractivity contribution in [2.75, 3.05) is 13.6 Å². The lowest BCUT2D eigenvalue weighted by Gasteiger charge is -2.10. The average molecular weight is 310 g/mol. The third-order valence-electron chi connectivity index (χ3n) is 2.87. The summed E-state index contributed by atoms with van der Waals surface area (Å²) in [4.78, 5) is 16.3. The van der Waals surface area contributed by atoms with Gasteiger partial charge in [0.05, 0.1) is 0 Å². The van der Waals surface area contributed by atoms with Crippen molar-refractivity contribution in [2.45, 2.75) is 13.0 Å². The summed E-state index contributed by atoms with van der Waals surface area (Å²) in [5.74, 6) is -0.156. The molecule has 0 fully saturated rings. The second kappa shape index (κ2) is 6.83. The number of amides is 1. The van der Waals surface area contributed by atoms with Gasteiger partial charge in [-0.05, 0) is 26.1 Å². The maximum Gasteiger partial charge on any atom is 0.270 e. The Hall–Kier alpha value is -1.43. The van der Waals surface area contributed by atoms with E-state index in [0.29, 0.717) is 17.3 Å². The maximum atomic E-state index is 12.0. The fourth-order valence-electron chi connectivity index (χ4n) is 1.57. The van der Waals surface area contributed by atoms with Crippen LogP contribution >= 0.6 is 22.9 Å². The molecule has 2 N–H and O–H groups in total. The van der Waals surface area contributed by atoms with Crippen LogP contribution in [0.2, 0.25) is 5.02 Å². The van der Waals surface area contributed by atoms with Gasteiger partial charge in [-0.2, -0.15) is 0 Å². The molecule has 0 saturated heterocycles. The number of hydrogen-bond donors (Lipinski definition) is 2. The van der Waals surface area contributed by atoms with Crippen molar-refractivity contribution >= 4 is 28.8 Å². The predicted octanol–water partition coefficient (Wildman–Crippen LogP) is 2.80. The molecule has 0 bridgehead atoms. The minimum atomic E-state index is -0.156. The summed E-state index contributed by atoms with van der Waals surface area (Å²) >= 11 is 7.39. The van der Waals surface area contributed by atoms with Crippen molar-refractivity contribution in [3.8, 4) is 10.6 Å². The molecule has 2 aromatic rings. The van der Waals surface area contributed by atoms with Crippen molar-refractivity contribution in [1.82, 2.24) is 15.6 Å². The molecule has 0 aliphatic heterocycles. The van der Waals surface area contributed by atoms with Crippen molar-refractivity contribution in [3.05, 3.63) is 40.4 Å². The Morgan fingerprint density at radius 3 is 3.00 bits per heavy atom. The summed E-state index contributed by atoms with van der Waals surface area (Å²) in [5, 5.41) is 9.11. The van der Waals surface area contributed by atoms with Gasteiger partial charge in [-0.15, -0.1) is 11.3 Å². The summed E-state index contributed by atoms with van der Waals surface area (Å²) in [6.45, 7) is 2.57. The highest BCUT2D eigenvalue weighted by Crippen LogP contribution is 2.25. The van der Waals surface area contributed by atoms with E-state index in [1.165, 1.54) is 11.3 Å². The fourth-order valence-corrected chi connectivity index (χ4v) is 2.56. The average Bonchev–Trinajstić information content (AvgIpc) is 2.94. The Labute approximate surface area is 127 Å². The van der Waals surface area contributed by atoms with Crippen LogP contribution in [0.5, 0.6) is 0 Å². The largest absolute Gasteiger partial charge is 0.349 e. The lowest BCUT2D eigenvalue weighted by Crippen LogP contribution is -2.37. The van der Waals surface area contributed by atoms with Crippen LogP contribution in [0.15, 0.2) is 29.6 Å². The summed E-state index contributed by atoms with van der Waals surface area (Å²) in [6, 6.07) is 7.67. The second-order valence-electron chi connectivity index (χ2n) is 4.45. The normalized spacial score (nSPS) is 12.2. The van der Waals surface area contributed by atoms with Gasteiger partial charge in [-0.25, -0.2) is 4.98 Å². The van der Waals surface area contributed by atoms with Crippen LogP contribution < -0.4 is 10.6 Å². The zero-order valence-electron chi connectivity index (χ0n) is 11.3. The first-order valence-electron chi connectivity index (χ1n) is 6.27. The highest BCUT2D eigenvalue weighted by molar-refractivity contribution is 7.13. The number of carbonyl (C=O) groups is 1. The Kier molecular flexibility index (Phi) is 5.11. The Bertz CT molecular complexity index is 600. The molecule has 1 aromatic carbocycles. The quantitative estimate of drug-likeness (QED) is 0.893. The van der Waals surface area contributed by atoms with E-state index in [9.17, 15) is 4.79 Å². The van der Waals surface area contributed by atoms with E-state index in [4.69, 9.17) is 11.6 Å². The number of halogens is 1. The second-order valence-corrected chi connectivity index (χ2v) is 5.74. The lowest BCUT2D eigenvalue weighted by molar-refractivity contribution is 0.0946. The van der Waals surface area contributed by atoms with E-state index < -0.39 is 0 Å². The predicted molar refractivity (Wildman–Crippen MR) is 83.4 cm³/mol. The first-order valence-corrected chi connectivity index (χ1v) is 7.53. The molecule has 2 rings (SSSR count). The summed E-state index contributed by atoms with van der Waals surface area (Å²) in [7, 11) is 1.86. The number of carbonyl (C=O) groups excluding carboxylic acids is 1. The molecule has 1 amide bonds. The number of aromatic nitrogens is 1. The fraction of sp³-hybridized carbons (Fsp3) is 0.286. The van der Waals surface area contributed by atoms with Gasteiger partial charge in [0.2, 0.25) is 0 Å². The van der Waals surface area contributed by atoms with Crippen molar-refractivity contribution in [1.29, 1.82) is 0 Å². The van der Waals surface area contributed by atoms with Gasteiger partial charge in [0.25, 0.3) is 5.91 Å². The molecule has 1 atom stereocenters. The molecule has 0 spiro atoms. The molecule has 0 aliphatic carbocycles. The van der Waals surface area contributed by atoms with Gasteiger partial charge in [0.1, 0.15) is 10.7 Å². The molecular weight excluding hydrogens is 294 g/mol. The van der Waals surface area contributed by atoms with Gasteiger partial charge in [0, 0.05) is 28.6 Å².